The van der Waals surface area contributed by atoms with E-state index in [1.165, 1.54) is 24.0 Å². The molecular formula is C20H21Cl2N3S. The number of fused-ring (bicyclic) bond motifs is 1. The van der Waals surface area contributed by atoms with E-state index in [1.807, 2.05) is 12.1 Å². The van der Waals surface area contributed by atoms with Crippen LogP contribution in [0.5, 0.6) is 0 Å². The minimum atomic E-state index is 0.585. The van der Waals surface area contributed by atoms with Crippen molar-refractivity contribution in [2.45, 2.75) is 18.9 Å². The van der Waals surface area contributed by atoms with Gasteiger partial charge in [0.1, 0.15) is 0 Å². The highest BCUT2D eigenvalue weighted by atomic mass is 35.5. The molecule has 1 saturated heterocycles. The molecule has 2 aromatic rings. The summed E-state index contributed by atoms with van der Waals surface area (Å²) in [7, 11) is 0. The van der Waals surface area contributed by atoms with Gasteiger partial charge in [-0.05, 0) is 54.4 Å². The Bertz CT molecular complexity index is 793. The number of piperazine rings is 1. The van der Waals surface area contributed by atoms with Crippen LogP contribution in [0.1, 0.15) is 11.1 Å². The third kappa shape index (κ3) is 3.84. The van der Waals surface area contributed by atoms with Crippen LogP contribution < -0.4 is 5.32 Å². The van der Waals surface area contributed by atoms with E-state index in [1.54, 1.807) is 6.07 Å². The van der Waals surface area contributed by atoms with Crippen LogP contribution in [-0.4, -0.2) is 47.1 Å². The van der Waals surface area contributed by atoms with Crippen LogP contribution in [0.3, 0.4) is 0 Å². The molecule has 0 aromatic heterocycles. The average molecular weight is 406 g/mol. The van der Waals surface area contributed by atoms with Gasteiger partial charge in [0.2, 0.25) is 0 Å². The zero-order valence-electron chi connectivity index (χ0n) is 14.4. The molecule has 2 aliphatic rings. The Labute approximate surface area is 169 Å². The summed E-state index contributed by atoms with van der Waals surface area (Å²) in [4.78, 5) is 4.83. The van der Waals surface area contributed by atoms with Crippen molar-refractivity contribution in [1.29, 1.82) is 0 Å². The first kappa shape index (κ1) is 18.1. The molecule has 3 nitrogen and oxygen atoms in total. The SMILES string of the molecule is S=C(Nc1ccc(Cl)cc1Cl)N1CCN(C2Cc3ccccc3C2)CC1. The summed E-state index contributed by atoms with van der Waals surface area (Å²) in [5.74, 6) is 0. The van der Waals surface area contributed by atoms with E-state index in [4.69, 9.17) is 35.4 Å². The van der Waals surface area contributed by atoms with Gasteiger partial charge < -0.3 is 10.2 Å². The molecule has 1 aliphatic heterocycles. The quantitative estimate of drug-likeness (QED) is 0.742. The fourth-order valence-electron chi connectivity index (χ4n) is 3.87. The molecule has 0 saturated carbocycles. The maximum Gasteiger partial charge on any atom is 0.173 e. The van der Waals surface area contributed by atoms with E-state index in [9.17, 15) is 0 Å². The fraction of sp³-hybridized carbons (Fsp3) is 0.350. The molecule has 0 bridgehead atoms. The van der Waals surface area contributed by atoms with Crippen LogP contribution in [0, 0.1) is 0 Å². The first-order valence-corrected chi connectivity index (χ1v) is 10.1. The van der Waals surface area contributed by atoms with Gasteiger partial charge in [-0.3, -0.25) is 4.90 Å². The number of rotatable bonds is 2. The highest BCUT2D eigenvalue weighted by Crippen LogP contribution is 2.27. The number of hydrogen-bond acceptors (Lipinski definition) is 2. The summed E-state index contributed by atoms with van der Waals surface area (Å²) >= 11 is 17.8. The van der Waals surface area contributed by atoms with Crippen LogP contribution in [0.25, 0.3) is 0 Å². The molecule has 0 amide bonds. The average Bonchev–Trinajstić information content (AvgIpc) is 3.08. The second kappa shape index (κ2) is 7.73. The van der Waals surface area contributed by atoms with Crippen LogP contribution in [0.2, 0.25) is 10.0 Å². The van der Waals surface area contributed by atoms with Crippen molar-refractivity contribution in [2.24, 2.45) is 0 Å². The van der Waals surface area contributed by atoms with Crippen molar-refractivity contribution in [3.05, 3.63) is 63.6 Å². The molecule has 1 heterocycles. The summed E-state index contributed by atoms with van der Waals surface area (Å²) in [6.45, 7) is 3.94. The van der Waals surface area contributed by atoms with Crippen LogP contribution >= 0.6 is 35.4 Å². The first-order valence-electron chi connectivity index (χ1n) is 8.92. The maximum atomic E-state index is 6.23. The van der Waals surface area contributed by atoms with E-state index in [-0.39, 0.29) is 0 Å². The Morgan fingerprint density at radius 3 is 2.23 bits per heavy atom. The standard InChI is InChI=1S/C20H21Cl2N3S/c21-16-5-6-19(18(22)13-16)23-20(26)25-9-7-24(8-10-25)17-11-14-3-1-2-4-15(14)12-17/h1-6,13,17H,7-12H2,(H,23,26). The lowest BCUT2D eigenvalue weighted by molar-refractivity contribution is 0.137. The molecule has 0 spiro atoms. The number of anilines is 1. The second-order valence-electron chi connectivity index (χ2n) is 6.91. The van der Waals surface area contributed by atoms with Gasteiger partial charge in [0.15, 0.2) is 5.11 Å². The summed E-state index contributed by atoms with van der Waals surface area (Å²) in [5, 5.41) is 5.19. The van der Waals surface area contributed by atoms with E-state index in [2.05, 4.69) is 39.4 Å². The van der Waals surface area contributed by atoms with Crippen molar-refractivity contribution in [3.63, 3.8) is 0 Å². The predicted octanol–water partition coefficient (Wildman–Crippen LogP) is 4.48. The highest BCUT2D eigenvalue weighted by Gasteiger charge is 2.29. The summed E-state index contributed by atoms with van der Waals surface area (Å²) in [6, 6.07) is 14.8. The van der Waals surface area contributed by atoms with Gasteiger partial charge in [-0.25, -0.2) is 0 Å². The molecule has 26 heavy (non-hydrogen) atoms. The van der Waals surface area contributed by atoms with Gasteiger partial charge in [0.25, 0.3) is 0 Å². The molecule has 6 heteroatoms. The molecule has 0 atom stereocenters. The lowest BCUT2D eigenvalue weighted by atomic mass is 10.1. The van der Waals surface area contributed by atoms with Crippen LogP contribution in [0.4, 0.5) is 5.69 Å². The van der Waals surface area contributed by atoms with Crippen molar-refractivity contribution in [3.8, 4) is 0 Å². The molecular weight excluding hydrogens is 385 g/mol. The largest absolute Gasteiger partial charge is 0.346 e. The highest BCUT2D eigenvalue weighted by molar-refractivity contribution is 7.80. The van der Waals surface area contributed by atoms with Crippen molar-refractivity contribution >= 4 is 46.2 Å². The maximum absolute atomic E-state index is 6.23. The zero-order chi connectivity index (χ0) is 18.1. The van der Waals surface area contributed by atoms with Gasteiger partial charge >= 0.3 is 0 Å². The van der Waals surface area contributed by atoms with Gasteiger partial charge in [0, 0.05) is 37.2 Å². The third-order valence-electron chi connectivity index (χ3n) is 5.32. The smallest absolute Gasteiger partial charge is 0.173 e. The van der Waals surface area contributed by atoms with Gasteiger partial charge in [-0.15, -0.1) is 0 Å². The molecule has 1 fully saturated rings. The molecule has 0 radical (unpaired) electrons. The third-order valence-corrected chi connectivity index (χ3v) is 6.23. The normalized spacial score (nSPS) is 18.0. The second-order valence-corrected chi connectivity index (χ2v) is 8.14. The number of halogens is 2. The van der Waals surface area contributed by atoms with Gasteiger partial charge in [-0.2, -0.15) is 0 Å². The molecule has 0 unspecified atom stereocenters. The fourth-order valence-corrected chi connectivity index (χ4v) is 4.62. The molecule has 1 N–H and O–H groups in total. The molecule has 1 aliphatic carbocycles. The molecule has 136 valence electrons. The lowest BCUT2D eigenvalue weighted by Gasteiger charge is -2.39. The number of benzene rings is 2. The lowest BCUT2D eigenvalue weighted by Crippen LogP contribution is -2.53. The van der Waals surface area contributed by atoms with Crippen molar-refractivity contribution in [2.75, 3.05) is 31.5 Å². The minimum absolute atomic E-state index is 0.585. The van der Waals surface area contributed by atoms with Crippen molar-refractivity contribution in [1.82, 2.24) is 9.80 Å². The topological polar surface area (TPSA) is 18.5 Å². The van der Waals surface area contributed by atoms with Gasteiger partial charge in [0.05, 0.1) is 10.7 Å². The van der Waals surface area contributed by atoms with Crippen LogP contribution in [-0.2, 0) is 12.8 Å². The van der Waals surface area contributed by atoms with E-state index >= 15 is 0 Å². The number of nitrogens with one attached hydrogen (secondary N) is 1. The van der Waals surface area contributed by atoms with Crippen LogP contribution in [0.15, 0.2) is 42.5 Å². The first-order chi connectivity index (χ1) is 12.6. The predicted molar refractivity (Wildman–Crippen MR) is 113 cm³/mol. The van der Waals surface area contributed by atoms with E-state index in [0.29, 0.717) is 16.1 Å². The molecule has 4 rings (SSSR count). The molecule has 2 aromatic carbocycles. The Morgan fingerprint density at radius 1 is 0.962 bits per heavy atom. The number of hydrogen-bond donors (Lipinski definition) is 1. The zero-order valence-corrected chi connectivity index (χ0v) is 16.7. The minimum Gasteiger partial charge on any atom is -0.346 e. The monoisotopic (exact) mass is 405 g/mol. The number of nitrogens with zero attached hydrogens (tertiary/aromatic N) is 2. The van der Waals surface area contributed by atoms with E-state index in [0.717, 1.165) is 37.0 Å². The van der Waals surface area contributed by atoms with Crippen molar-refractivity contribution < 1.29 is 0 Å². The summed E-state index contributed by atoms with van der Waals surface area (Å²) in [6.07, 6.45) is 2.33. The Kier molecular flexibility index (Phi) is 5.37. The summed E-state index contributed by atoms with van der Waals surface area (Å²) in [5.41, 5.74) is 3.82. The van der Waals surface area contributed by atoms with E-state index < -0.39 is 0 Å². The Balaban J connectivity index is 1.32. The Hall–Kier alpha value is -1.33. The summed E-state index contributed by atoms with van der Waals surface area (Å²) < 4.78 is 0. The Morgan fingerprint density at radius 2 is 1.62 bits per heavy atom. The number of thiocarbonyl (C=S) groups is 1. The van der Waals surface area contributed by atoms with Gasteiger partial charge in [-0.1, -0.05) is 47.5 Å².